The molecular formula is C6H14N2. The van der Waals surface area contributed by atoms with Crippen LogP contribution in [-0.2, 0) is 0 Å². The molecule has 8 heavy (non-hydrogen) atoms. The molecule has 48 valence electrons. The first-order valence-electron chi connectivity index (χ1n) is 3.30. The lowest BCUT2D eigenvalue weighted by atomic mass is 10.5. The van der Waals surface area contributed by atoms with Crippen LogP contribution in [0.2, 0.25) is 0 Å². The van der Waals surface area contributed by atoms with Gasteiger partial charge in [0.1, 0.15) is 0 Å². The van der Waals surface area contributed by atoms with Gasteiger partial charge in [-0.1, -0.05) is 6.92 Å². The molecular weight excluding hydrogens is 100 g/mol. The van der Waals surface area contributed by atoms with E-state index in [9.17, 15) is 0 Å². The Labute approximate surface area is 51.0 Å². The van der Waals surface area contributed by atoms with Crippen molar-refractivity contribution in [2.45, 2.75) is 13.3 Å². The van der Waals surface area contributed by atoms with Gasteiger partial charge >= 0.3 is 0 Å². The summed E-state index contributed by atoms with van der Waals surface area (Å²) in [5, 5.41) is 4.65. The molecule has 2 nitrogen and oxygen atoms in total. The van der Waals surface area contributed by atoms with Gasteiger partial charge in [-0.05, 0) is 6.42 Å². The highest BCUT2D eigenvalue weighted by Crippen LogP contribution is 2.04. The zero-order chi connectivity index (χ0) is 5.98. The molecule has 1 aliphatic rings. The van der Waals surface area contributed by atoms with Crippen molar-refractivity contribution in [2.24, 2.45) is 0 Å². The molecule has 2 heteroatoms. The van der Waals surface area contributed by atoms with E-state index >= 15 is 0 Å². The standard InChI is InChI=1S/C6H14N2/c1-3-8-6-4-5-7(8)2/h3-6H2,1-2H3. The highest BCUT2D eigenvalue weighted by Gasteiger charge is 2.14. The summed E-state index contributed by atoms with van der Waals surface area (Å²) < 4.78 is 0. The van der Waals surface area contributed by atoms with Crippen LogP contribution in [0.5, 0.6) is 0 Å². The first-order chi connectivity index (χ1) is 3.84. The van der Waals surface area contributed by atoms with Crippen molar-refractivity contribution in [3.63, 3.8) is 0 Å². The van der Waals surface area contributed by atoms with Crippen LogP contribution in [0.25, 0.3) is 0 Å². The smallest absolute Gasteiger partial charge is 0.0145 e. The number of rotatable bonds is 1. The molecule has 0 radical (unpaired) electrons. The summed E-state index contributed by atoms with van der Waals surface area (Å²) in [7, 11) is 2.15. The second-order valence-electron chi connectivity index (χ2n) is 2.28. The number of hydrazine groups is 1. The second-order valence-corrected chi connectivity index (χ2v) is 2.28. The summed E-state index contributed by atoms with van der Waals surface area (Å²) in [6, 6.07) is 0. The average molecular weight is 114 g/mol. The molecule has 0 amide bonds. The Morgan fingerprint density at radius 3 is 2.38 bits per heavy atom. The fourth-order valence-corrected chi connectivity index (χ4v) is 1.19. The van der Waals surface area contributed by atoms with Gasteiger partial charge in [-0.3, -0.25) is 0 Å². The van der Waals surface area contributed by atoms with Crippen molar-refractivity contribution in [1.29, 1.82) is 0 Å². The van der Waals surface area contributed by atoms with Gasteiger partial charge < -0.3 is 0 Å². The van der Waals surface area contributed by atoms with Crippen LogP contribution in [0, 0.1) is 0 Å². The molecule has 0 saturated carbocycles. The molecule has 1 aliphatic heterocycles. The molecule has 0 aliphatic carbocycles. The van der Waals surface area contributed by atoms with E-state index in [1.54, 1.807) is 0 Å². The molecule has 0 aromatic heterocycles. The van der Waals surface area contributed by atoms with Gasteiger partial charge in [0.15, 0.2) is 0 Å². The van der Waals surface area contributed by atoms with E-state index in [2.05, 4.69) is 24.0 Å². The maximum Gasteiger partial charge on any atom is 0.0145 e. The molecule has 1 rings (SSSR count). The minimum atomic E-state index is 1.16. The van der Waals surface area contributed by atoms with Gasteiger partial charge in [0.05, 0.1) is 0 Å². The molecule has 1 heterocycles. The van der Waals surface area contributed by atoms with Gasteiger partial charge in [0, 0.05) is 26.7 Å². The highest BCUT2D eigenvalue weighted by molar-refractivity contribution is 4.60. The van der Waals surface area contributed by atoms with E-state index in [-0.39, 0.29) is 0 Å². The zero-order valence-corrected chi connectivity index (χ0v) is 5.72. The third kappa shape index (κ3) is 1.01. The van der Waals surface area contributed by atoms with Crippen LogP contribution in [0.15, 0.2) is 0 Å². The normalized spacial score (nSPS) is 24.8. The van der Waals surface area contributed by atoms with Gasteiger partial charge in [0.25, 0.3) is 0 Å². The summed E-state index contributed by atoms with van der Waals surface area (Å²) in [5.74, 6) is 0. The van der Waals surface area contributed by atoms with Crippen LogP contribution < -0.4 is 0 Å². The van der Waals surface area contributed by atoms with E-state index in [1.807, 2.05) is 0 Å². The van der Waals surface area contributed by atoms with Crippen molar-refractivity contribution in [2.75, 3.05) is 26.7 Å². The second kappa shape index (κ2) is 2.46. The first kappa shape index (κ1) is 6.05. The summed E-state index contributed by atoms with van der Waals surface area (Å²) in [6.45, 7) is 5.86. The monoisotopic (exact) mass is 114 g/mol. The van der Waals surface area contributed by atoms with Gasteiger partial charge in [-0.2, -0.15) is 0 Å². The van der Waals surface area contributed by atoms with Crippen LogP contribution in [-0.4, -0.2) is 36.7 Å². The summed E-state index contributed by atoms with van der Waals surface area (Å²) in [5.41, 5.74) is 0. The first-order valence-corrected chi connectivity index (χ1v) is 3.30. The average Bonchev–Trinajstić information content (AvgIpc) is 2.14. The van der Waals surface area contributed by atoms with Crippen LogP contribution in [0.4, 0.5) is 0 Å². The maximum absolute atomic E-state index is 2.36. The Kier molecular flexibility index (Phi) is 1.86. The topological polar surface area (TPSA) is 6.48 Å². The number of hydrogen-bond acceptors (Lipinski definition) is 2. The fourth-order valence-electron chi connectivity index (χ4n) is 1.19. The van der Waals surface area contributed by atoms with E-state index < -0.39 is 0 Å². The Morgan fingerprint density at radius 2 is 2.12 bits per heavy atom. The molecule has 0 unspecified atom stereocenters. The van der Waals surface area contributed by atoms with E-state index in [4.69, 9.17) is 0 Å². The Balaban J connectivity index is 2.30. The van der Waals surface area contributed by atoms with Gasteiger partial charge in [-0.25, -0.2) is 10.0 Å². The van der Waals surface area contributed by atoms with Crippen LogP contribution in [0.3, 0.4) is 0 Å². The lowest BCUT2D eigenvalue weighted by Gasteiger charge is -2.21. The van der Waals surface area contributed by atoms with Crippen molar-refractivity contribution in [3.05, 3.63) is 0 Å². The maximum atomic E-state index is 2.36. The zero-order valence-electron chi connectivity index (χ0n) is 5.72. The Bertz CT molecular complexity index is 72.9. The number of nitrogens with zero attached hydrogens (tertiary/aromatic N) is 2. The Morgan fingerprint density at radius 1 is 1.38 bits per heavy atom. The number of hydrogen-bond donors (Lipinski definition) is 0. The third-order valence-corrected chi connectivity index (χ3v) is 1.75. The lowest BCUT2D eigenvalue weighted by Crippen LogP contribution is -2.32. The predicted octanol–water partition coefficient (Wildman–Crippen LogP) is 0.559. The lowest BCUT2D eigenvalue weighted by molar-refractivity contribution is 0.0629. The predicted molar refractivity (Wildman–Crippen MR) is 34.5 cm³/mol. The minimum Gasteiger partial charge on any atom is -0.245 e. The third-order valence-electron chi connectivity index (χ3n) is 1.75. The van der Waals surface area contributed by atoms with Crippen molar-refractivity contribution in [1.82, 2.24) is 10.0 Å². The molecule has 1 fully saturated rings. The van der Waals surface area contributed by atoms with Crippen LogP contribution >= 0.6 is 0 Å². The highest BCUT2D eigenvalue weighted by atomic mass is 15.6. The van der Waals surface area contributed by atoms with Gasteiger partial charge in [0.2, 0.25) is 0 Å². The molecule has 0 bridgehead atoms. The fraction of sp³-hybridized carbons (Fsp3) is 1.00. The Hall–Kier alpha value is -0.0800. The van der Waals surface area contributed by atoms with E-state index in [1.165, 1.54) is 19.5 Å². The molecule has 1 saturated heterocycles. The van der Waals surface area contributed by atoms with Crippen molar-refractivity contribution >= 4 is 0 Å². The molecule has 0 aromatic rings. The van der Waals surface area contributed by atoms with Gasteiger partial charge in [-0.15, -0.1) is 0 Å². The van der Waals surface area contributed by atoms with E-state index in [0.717, 1.165) is 6.54 Å². The molecule has 0 spiro atoms. The van der Waals surface area contributed by atoms with Crippen molar-refractivity contribution < 1.29 is 0 Å². The largest absolute Gasteiger partial charge is 0.245 e. The van der Waals surface area contributed by atoms with Crippen molar-refractivity contribution in [3.8, 4) is 0 Å². The molecule has 0 N–H and O–H groups in total. The summed E-state index contributed by atoms with van der Waals surface area (Å²) in [6.07, 6.45) is 1.34. The van der Waals surface area contributed by atoms with E-state index in [0.29, 0.717) is 0 Å². The molecule has 0 aromatic carbocycles. The minimum absolute atomic E-state index is 1.16. The summed E-state index contributed by atoms with van der Waals surface area (Å²) in [4.78, 5) is 0. The quantitative estimate of drug-likeness (QED) is 0.491. The summed E-state index contributed by atoms with van der Waals surface area (Å²) >= 11 is 0. The molecule has 0 atom stereocenters. The van der Waals surface area contributed by atoms with Crippen LogP contribution in [0.1, 0.15) is 13.3 Å². The SMILES string of the molecule is CCN1CCCN1C.